The molecule has 0 amide bonds. The van der Waals surface area contributed by atoms with Crippen LogP contribution in [0.3, 0.4) is 0 Å². The van der Waals surface area contributed by atoms with Crippen LogP contribution < -0.4 is 0 Å². The number of imidazole rings is 1. The van der Waals surface area contributed by atoms with Crippen LogP contribution in [-0.4, -0.2) is 29.5 Å². The molecule has 1 aliphatic heterocycles. The first-order valence-corrected chi connectivity index (χ1v) is 8.66. The zero-order chi connectivity index (χ0) is 13.6. The highest BCUT2D eigenvalue weighted by atomic mass is 35.5. The molecule has 0 radical (unpaired) electrons. The summed E-state index contributed by atoms with van der Waals surface area (Å²) in [5.74, 6) is 1.33. The molecule has 0 bridgehead atoms. The number of alkyl halides is 1. The average Bonchev–Trinajstić information content (AvgIpc) is 2.88. The van der Waals surface area contributed by atoms with Crippen molar-refractivity contribution in [2.75, 3.05) is 11.5 Å². The first-order valence-electron chi connectivity index (χ1n) is 5.93. The van der Waals surface area contributed by atoms with E-state index in [0.29, 0.717) is 17.3 Å². The van der Waals surface area contributed by atoms with Crippen molar-refractivity contribution in [3.05, 3.63) is 29.0 Å². The smallest absolute Gasteiger partial charge is 0.152 e. The van der Waals surface area contributed by atoms with Crippen LogP contribution in [0.15, 0.2) is 18.2 Å². The van der Waals surface area contributed by atoms with E-state index < -0.39 is 9.84 Å². The highest BCUT2D eigenvalue weighted by Crippen LogP contribution is 2.31. The Hall–Kier alpha value is -0.780. The summed E-state index contributed by atoms with van der Waals surface area (Å²) in [5.41, 5.74) is 1.65. The van der Waals surface area contributed by atoms with Gasteiger partial charge in [0.25, 0.3) is 0 Å². The Balaban J connectivity index is 2.16. The number of halogens is 2. The Morgan fingerprint density at radius 3 is 2.84 bits per heavy atom. The summed E-state index contributed by atoms with van der Waals surface area (Å²) >= 11 is 11.9. The van der Waals surface area contributed by atoms with E-state index in [9.17, 15) is 8.42 Å². The van der Waals surface area contributed by atoms with Gasteiger partial charge in [0.15, 0.2) is 9.84 Å². The third kappa shape index (κ3) is 2.35. The molecule has 0 saturated carbocycles. The molecule has 1 fully saturated rings. The number of rotatable bonds is 2. The number of hydrogen-bond acceptors (Lipinski definition) is 3. The molecule has 0 N–H and O–H groups in total. The zero-order valence-electron chi connectivity index (χ0n) is 10.0. The molecular weight excluding hydrogens is 307 g/mol. The van der Waals surface area contributed by atoms with Crippen LogP contribution in [0.1, 0.15) is 18.3 Å². The van der Waals surface area contributed by atoms with Gasteiger partial charge in [0.1, 0.15) is 5.82 Å². The van der Waals surface area contributed by atoms with E-state index >= 15 is 0 Å². The first kappa shape index (κ1) is 13.2. The van der Waals surface area contributed by atoms with Gasteiger partial charge in [-0.2, -0.15) is 0 Å². The third-order valence-corrected chi connectivity index (χ3v) is 5.64. The fourth-order valence-electron chi connectivity index (χ4n) is 2.60. The van der Waals surface area contributed by atoms with Gasteiger partial charge in [-0.15, -0.1) is 11.6 Å². The first-order chi connectivity index (χ1) is 9.00. The predicted molar refractivity (Wildman–Crippen MR) is 76.6 cm³/mol. The molecule has 1 aliphatic rings. The van der Waals surface area contributed by atoms with Crippen molar-refractivity contribution in [2.24, 2.45) is 0 Å². The number of benzene rings is 1. The van der Waals surface area contributed by atoms with Gasteiger partial charge in [-0.3, -0.25) is 0 Å². The molecule has 2 aromatic rings. The summed E-state index contributed by atoms with van der Waals surface area (Å²) in [6.07, 6.45) is 0.611. The van der Waals surface area contributed by atoms with Gasteiger partial charge < -0.3 is 4.57 Å². The van der Waals surface area contributed by atoms with Crippen LogP contribution in [0, 0.1) is 0 Å². The van der Waals surface area contributed by atoms with Crippen LogP contribution in [0.25, 0.3) is 11.0 Å². The second-order valence-corrected chi connectivity index (χ2v) is 7.65. The summed E-state index contributed by atoms with van der Waals surface area (Å²) in [6.45, 7) is 0. The molecule has 0 spiro atoms. The number of sulfone groups is 1. The fraction of sp³-hybridized carbons (Fsp3) is 0.417. The predicted octanol–water partition coefficient (Wildman–Crippen LogP) is 2.79. The molecule has 1 aromatic carbocycles. The molecule has 1 atom stereocenters. The maximum absolute atomic E-state index is 11.6. The van der Waals surface area contributed by atoms with Crippen molar-refractivity contribution in [1.29, 1.82) is 0 Å². The van der Waals surface area contributed by atoms with Gasteiger partial charge in [0, 0.05) is 5.02 Å². The largest absolute Gasteiger partial charge is 0.323 e. The molecule has 7 heteroatoms. The molecular formula is C12H12Cl2N2O2S. The maximum atomic E-state index is 11.6. The van der Waals surface area contributed by atoms with Crippen LogP contribution in [0.5, 0.6) is 0 Å². The van der Waals surface area contributed by atoms with E-state index in [1.807, 2.05) is 10.6 Å². The third-order valence-electron chi connectivity index (χ3n) is 3.42. The van der Waals surface area contributed by atoms with Gasteiger partial charge in [-0.25, -0.2) is 13.4 Å². The van der Waals surface area contributed by atoms with E-state index in [-0.39, 0.29) is 23.4 Å². The van der Waals surface area contributed by atoms with E-state index in [1.54, 1.807) is 12.1 Å². The second kappa shape index (κ2) is 4.65. The molecule has 0 aliphatic carbocycles. The topological polar surface area (TPSA) is 52.0 Å². The summed E-state index contributed by atoms with van der Waals surface area (Å²) < 4.78 is 25.2. The number of fused-ring (bicyclic) bond motifs is 1. The van der Waals surface area contributed by atoms with Crippen molar-refractivity contribution >= 4 is 44.1 Å². The Morgan fingerprint density at radius 2 is 2.21 bits per heavy atom. The summed E-state index contributed by atoms with van der Waals surface area (Å²) in [5, 5.41) is 0.609. The minimum absolute atomic E-state index is 0.0788. The molecule has 2 heterocycles. The summed E-state index contributed by atoms with van der Waals surface area (Å²) in [4.78, 5) is 4.44. The standard InChI is InChI=1S/C12H12Cl2N2O2S/c13-6-12-15-10-5-8(14)1-2-11(10)16(12)9-3-4-19(17,18)7-9/h1-2,5,9H,3-4,6-7H2/t9-/m1/s1. The Morgan fingerprint density at radius 1 is 1.42 bits per heavy atom. The Labute approximate surface area is 121 Å². The van der Waals surface area contributed by atoms with E-state index in [2.05, 4.69) is 4.98 Å². The van der Waals surface area contributed by atoms with Gasteiger partial charge in [0.05, 0.1) is 34.5 Å². The fourth-order valence-corrected chi connectivity index (χ4v) is 4.66. The van der Waals surface area contributed by atoms with Gasteiger partial charge in [-0.05, 0) is 24.6 Å². The molecule has 102 valence electrons. The molecule has 1 aromatic heterocycles. The molecule has 0 unspecified atom stereocenters. The normalized spacial score (nSPS) is 22.1. The van der Waals surface area contributed by atoms with Gasteiger partial charge >= 0.3 is 0 Å². The highest BCUT2D eigenvalue weighted by molar-refractivity contribution is 7.91. The van der Waals surface area contributed by atoms with Crippen molar-refractivity contribution in [3.63, 3.8) is 0 Å². The monoisotopic (exact) mass is 318 g/mol. The van der Waals surface area contributed by atoms with E-state index in [1.165, 1.54) is 0 Å². The van der Waals surface area contributed by atoms with Crippen molar-refractivity contribution < 1.29 is 8.42 Å². The van der Waals surface area contributed by atoms with E-state index in [4.69, 9.17) is 23.2 Å². The zero-order valence-corrected chi connectivity index (χ0v) is 12.3. The number of hydrogen-bond donors (Lipinski definition) is 0. The lowest BCUT2D eigenvalue weighted by Gasteiger charge is -2.14. The second-order valence-electron chi connectivity index (χ2n) is 4.72. The van der Waals surface area contributed by atoms with E-state index in [0.717, 1.165) is 11.0 Å². The van der Waals surface area contributed by atoms with Crippen LogP contribution in [0.2, 0.25) is 5.02 Å². The summed E-state index contributed by atoms with van der Waals surface area (Å²) in [6, 6.07) is 5.34. The number of aromatic nitrogens is 2. The lowest BCUT2D eigenvalue weighted by Crippen LogP contribution is -2.13. The average molecular weight is 319 g/mol. The Kier molecular flexibility index (Phi) is 3.23. The minimum Gasteiger partial charge on any atom is -0.323 e. The quantitative estimate of drug-likeness (QED) is 0.800. The minimum atomic E-state index is -2.94. The lowest BCUT2D eigenvalue weighted by molar-refractivity contribution is 0.554. The van der Waals surface area contributed by atoms with Gasteiger partial charge in [-0.1, -0.05) is 11.6 Å². The maximum Gasteiger partial charge on any atom is 0.152 e. The SMILES string of the molecule is O=S1(=O)CC[C@@H](n2c(CCl)nc3cc(Cl)ccc32)C1. The molecule has 4 nitrogen and oxygen atoms in total. The summed E-state index contributed by atoms with van der Waals surface area (Å²) in [7, 11) is -2.94. The van der Waals surface area contributed by atoms with Gasteiger partial charge in [0.2, 0.25) is 0 Å². The van der Waals surface area contributed by atoms with Crippen LogP contribution >= 0.6 is 23.2 Å². The van der Waals surface area contributed by atoms with Crippen molar-refractivity contribution in [1.82, 2.24) is 9.55 Å². The molecule has 1 saturated heterocycles. The van der Waals surface area contributed by atoms with Crippen LogP contribution in [0.4, 0.5) is 0 Å². The highest BCUT2D eigenvalue weighted by Gasteiger charge is 2.31. The lowest BCUT2D eigenvalue weighted by atomic mass is 10.2. The van der Waals surface area contributed by atoms with Crippen molar-refractivity contribution in [3.8, 4) is 0 Å². The van der Waals surface area contributed by atoms with Crippen molar-refractivity contribution in [2.45, 2.75) is 18.3 Å². The molecule has 3 rings (SSSR count). The van der Waals surface area contributed by atoms with Crippen LogP contribution in [-0.2, 0) is 15.7 Å². The Bertz CT molecular complexity index is 740. The molecule has 19 heavy (non-hydrogen) atoms. The number of nitrogens with zero attached hydrogens (tertiary/aromatic N) is 2.